The molecule has 0 spiro atoms. The molecule has 1 saturated heterocycles. The van der Waals surface area contributed by atoms with Crippen LogP contribution >= 0.6 is 0 Å². The van der Waals surface area contributed by atoms with Crippen molar-refractivity contribution in [3.05, 3.63) is 11.3 Å². The summed E-state index contributed by atoms with van der Waals surface area (Å²) in [6.07, 6.45) is 7.32. The molecule has 106 valence electrons. The molecular formula is C15H25N3O. The Balaban J connectivity index is 2.16. The number of carbonyl (C=O) groups excluding carboxylic acids is 1. The van der Waals surface area contributed by atoms with Crippen LogP contribution in [0.15, 0.2) is 0 Å². The fourth-order valence-corrected chi connectivity index (χ4v) is 3.25. The second kappa shape index (κ2) is 6.22. The monoisotopic (exact) mass is 263 g/mol. The summed E-state index contributed by atoms with van der Waals surface area (Å²) in [4.78, 5) is 13.6. The minimum Gasteiger partial charge on any atom is -0.356 e. The number of aldehydes is 1. The summed E-state index contributed by atoms with van der Waals surface area (Å²) < 4.78 is 1.86. The third-order valence-corrected chi connectivity index (χ3v) is 4.20. The topological polar surface area (TPSA) is 38.1 Å². The number of carbonyl (C=O) groups is 1. The molecular weight excluding hydrogens is 238 g/mol. The molecule has 1 aliphatic heterocycles. The Labute approximate surface area is 115 Å². The van der Waals surface area contributed by atoms with Gasteiger partial charge in [0, 0.05) is 20.1 Å². The summed E-state index contributed by atoms with van der Waals surface area (Å²) in [6, 6.07) is 0. The summed E-state index contributed by atoms with van der Waals surface area (Å²) in [6.45, 7) is 6.26. The molecule has 0 amide bonds. The lowest BCUT2D eigenvalue weighted by Gasteiger charge is -2.23. The van der Waals surface area contributed by atoms with Gasteiger partial charge in [-0.25, -0.2) is 0 Å². The Morgan fingerprint density at radius 2 is 2.16 bits per heavy atom. The summed E-state index contributed by atoms with van der Waals surface area (Å²) in [5.41, 5.74) is 1.60. The van der Waals surface area contributed by atoms with Crippen molar-refractivity contribution in [1.82, 2.24) is 9.78 Å². The van der Waals surface area contributed by atoms with Crippen LogP contribution in [0.25, 0.3) is 0 Å². The molecule has 1 unspecified atom stereocenters. The molecule has 2 rings (SSSR count). The van der Waals surface area contributed by atoms with Gasteiger partial charge in [0.1, 0.15) is 5.82 Å². The van der Waals surface area contributed by atoms with E-state index < -0.39 is 0 Å². The first-order valence-electron chi connectivity index (χ1n) is 7.41. The van der Waals surface area contributed by atoms with Gasteiger partial charge in [-0.15, -0.1) is 0 Å². The average molecular weight is 263 g/mol. The SMILES string of the molecule is CCCC1CCCN(c2c(C=O)c(C)nn2C)CC1. The van der Waals surface area contributed by atoms with E-state index in [9.17, 15) is 4.79 Å². The highest BCUT2D eigenvalue weighted by molar-refractivity contribution is 5.84. The van der Waals surface area contributed by atoms with Crippen LogP contribution in [0, 0.1) is 12.8 Å². The van der Waals surface area contributed by atoms with Crippen molar-refractivity contribution in [2.75, 3.05) is 18.0 Å². The van der Waals surface area contributed by atoms with Gasteiger partial charge < -0.3 is 4.90 Å². The largest absolute Gasteiger partial charge is 0.356 e. The zero-order valence-electron chi connectivity index (χ0n) is 12.4. The molecule has 19 heavy (non-hydrogen) atoms. The Hall–Kier alpha value is -1.32. The van der Waals surface area contributed by atoms with Gasteiger partial charge in [-0.1, -0.05) is 19.8 Å². The minimum absolute atomic E-state index is 0.761. The smallest absolute Gasteiger partial charge is 0.155 e. The number of rotatable bonds is 4. The molecule has 0 bridgehead atoms. The standard InChI is InChI=1S/C15H25N3O/c1-4-6-13-7-5-9-18(10-8-13)15-14(11-19)12(2)16-17(15)3/h11,13H,4-10H2,1-3H3. The second-order valence-electron chi connectivity index (χ2n) is 5.64. The Kier molecular flexibility index (Phi) is 4.61. The van der Waals surface area contributed by atoms with Gasteiger partial charge in [0.2, 0.25) is 0 Å². The van der Waals surface area contributed by atoms with Gasteiger partial charge in [-0.05, 0) is 32.1 Å². The molecule has 4 heteroatoms. The Morgan fingerprint density at radius 1 is 1.37 bits per heavy atom. The maximum absolute atomic E-state index is 11.3. The predicted octanol–water partition coefficient (Wildman–Crippen LogP) is 2.95. The summed E-state index contributed by atoms with van der Waals surface area (Å²) in [5.74, 6) is 1.86. The van der Waals surface area contributed by atoms with Crippen molar-refractivity contribution in [2.24, 2.45) is 13.0 Å². The van der Waals surface area contributed by atoms with Crippen LogP contribution in [0.2, 0.25) is 0 Å². The van der Waals surface area contributed by atoms with Gasteiger partial charge in [0.05, 0.1) is 11.3 Å². The van der Waals surface area contributed by atoms with Crippen molar-refractivity contribution < 1.29 is 4.79 Å². The fourth-order valence-electron chi connectivity index (χ4n) is 3.25. The van der Waals surface area contributed by atoms with Crippen molar-refractivity contribution in [1.29, 1.82) is 0 Å². The molecule has 0 N–H and O–H groups in total. The number of aryl methyl sites for hydroxylation is 2. The molecule has 4 nitrogen and oxygen atoms in total. The van der Waals surface area contributed by atoms with Crippen molar-refractivity contribution in [3.63, 3.8) is 0 Å². The molecule has 2 heterocycles. The first kappa shape index (κ1) is 14.1. The highest BCUT2D eigenvalue weighted by Gasteiger charge is 2.22. The average Bonchev–Trinajstić information content (AvgIpc) is 2.55. The summed E-state index contributed by atoms with van der Waals surface area (Å²) in [5, 5.41) is 4.39. The van der Waals surface area contributed by atoms with Gasteiger partial charge in [-0.2, -0.15) is 5.10 Å². The van der Waals surface area contributed by atoms with Crippen LogP contribution in [-0.4, -0.2) is 29.2 Å². The van der Waals surface area contributed by atoms with E-state index in [-0.39, 0.29) is 0 Å². The lowest BCUT2D eigenvalue weighted by atomic mass is 9.96. The number of hydrogen-bond acceptors (Lipinski definition) is 3. The van der Waals surface area contributed by atoms with Crippen molar-refractivity contribution in [3.8, 4) is 0 Å². The van der Waals surface area contributed by atoms with E-state index in [1.807, 2.05) is 18.7 Å². The number of aromatic nitrogens is 2. The number of nitrogens with zero attached hydrogens (tertiary/aromatic N) is 3. The number of anilines is 1. The van der Waals surface area contributed by atoms with Crippen LogP contribution < -0.4 is 4.90 Å². The summed E-state index contributed by atoms with van der Waals surface area (Å²) >= 11 is 0. The van der Waals surface area contributed by atoms with Crippen LogP contribution in [-0.2, 0) is 7.05 Å². The molecule has 1 atom stereocenters. The lowest BCUT2D eigenvalue weighted by molar-refractivity contribution is 0.112. The quantitative estimate of drug-likeness (QED) is 0.784. The van der Waals surface area contributed by atoms with E-state index in [0.717, 1.165) is 42.4 Å². The fraction of sp³-hybridized carbons (Fsp3) is 0.733. The Bertz CT molecular complexity index is 439. The van der Waals surface area contributed by atoms with Crippen LogP contribution in [0.5, 0.6) is 0 Å². The van der Waals surface area contributed by atoms with E-state index in [1.54, 1.807) is 0 Å². The van der Waals surface area contributed by atoms with Crippen LogP contribution in [0.4, 0.5) is 5.82 Å². The highest BCUT2D eigenvalue weighted by atomic mass is 16.1. The molecule has 0 radical (unpaired) electrons. The van der Waals surface area contributed by atoms with Gasteiger partial charge >= 0.3 is 0 Å². The molecule has 0 aromatic carbocycles. The highest BCUT2D eigenvalue weighted by Crippen LogP contribution is 2.27. The molecule has 0 aliphatic carbocycles. The van der Waals surface area contributed by atoms with Crippen LogP contribution in [0.3, 0.4) is 0 Å². The Morgan fingerprint density at radius 3 is 2.84 bits per heavy atom. The van der Waals surface area contributed by atoms with E-state index in [2.05, 4.69) is 16.9 Å². The van der Waals surface area contributed by atoms with Gasteiger partial charge in [0.15, 0.2) is 6.29 Å². The molecule has 1 aromatic heterocycles. The number of hydrogen-bond donors (Lipinski definition) is 0. The zero-order valence-corrected chi connectivity index (χ0v) is 12.4. The third-order valence-electron chi connectivity index (χ3n) is 4.20. The third kappa shape index (κ3) is 2.99. The van der Waals surface area contributed by atoms with E-state index >= 15 is 0 Å². The first-order valence-corrected chi connectivity index (χ1v) is 7.41. The molecule has 1 fully saturated rings. The summed E-state index contributed by atoms with van der Waals surface area (Å²) in [7, 11) is 1.93. The van der Waals surface area contributed by atoms with Crippen molar-refractivity contribution in [2.45, 2.75) is 46.0 Å². The van der Waals surface area contributed by atoms with E-state index in [4.69, 9.17) is 0 Å². The predicted molar refractivity (Wildman–Crippen MR) is 77.8 cm³/mol. The van der Waals surface area contributed by atoms with Crippen molar-refractivity contribution >= 4 is 12.1 Å². The van der Waals surface area contributed by atoms with E-state index in [0.29, 0.717) is 0 Å². The van der Waals surface area contributed by atoms with Gasteiger partial charge in [0.25, 0.3) is 0 Å². The second-order valence-corrected chi connectivity index (χ2v) is 5.64. The molecule has 1 aromatic rings. The zero-order chi connectivity index (χ0) is 13.8. The first-order chi connectivity index (χ1) is 9.17. The lowest BCUT2D eigenvalue weighted by Crippen LogP contribution is -2.27. The van der Waals surface area contributed by atoms with Gasteiger partial charge in [-0.3, -0.25) is 9.48 Å². The maximum Gasteiger partial charge on any atom is 0.155 e. The minimum atomic E-state index is 0.761. The van der Waals surface area contributed by atoms with Crippen LogP contribution in [0.1, 0.15) is 55.1 Å². The molecule has 0 saturated carbocycles. The maximum atomic E-state index is 11.3. The molecule has 1 aliphatic rings. The van der Waals surface area contributed by atoms with E-state index in [1.165, 1.54) is 32.1 Å². The normalized spacial score (nSPS) is 20.4.